The van der Waals surface area contributed by atoms with Crippen LogP contribution >= 0.6 is 0 Å². The highest BCUT2D eigenvalue weighted by Crippen LogP contribution is 2.73. The molecule has 0 aromatic carbocycles. The van der Waals surface area contributed by atoms with Crippen molar-refractivity contribution < 1.29 is 29.0 Å². The van der Waals surface area contributed by atoms with E-state index in [1.807, 2.05) is 20.8 Å². The first-order valence-electron chi connectivity index (χ1n) is 8.93. The average molecular weight is 352 g/mol. The fraction of sp³-hybridized carbons (Fsp3) is 0.842. The van der Waals surface area contributed by atoms with Crippen LogP contribution < -0.4 is 0 Å². The standard InChI is InChI=1S/C19H28O6/c1-9(20)24-11-8-18(5,23)16-15-14(11)19(16,6)12(22)7-13(17(15,3)4)25-10(2)21/h11,13-16,23H,7-8H2,1-6H3/t11-,13-,14-,15+,16-,18-,19-/m1/s1. The molecule has 1 N–H and O–H groups in total. The molecule has 0 aromatic rings. The average Bonchev–Trinajstić information content (AvgIpc) is 2.49. The van der Waals surface area contributed by atoms with Gasteiger partial charge in [-0.05, 0) is 12.8 Å². The molecule has 0 spiro atoms. The quantitative estimate of drug-likeness (QED) is 0.763. The van der Waals surface area contributed by atoms with Crippen molar-refractivity contribution in [1.29, 1.82) is 0 Å². The summed E-state index contributed by atoms with van der Waals surface area (Å²) >= 11 is 0. The van der Waals surface area contributed by atoms with Crippen molar-refractivity contribution in [2.45, 2.75) is 72.2 Å². The van der Waals surface area contributed by atoms with Gasteiger partial charge in [0, 0.05) is 49.4 Å². The van der Waals surface area contributed by atoms with Crippen LogP contribution in [0.2, 0.25) is 0 Å². The Morgan fingerprint density at radius 3 is 2.12 bits per heavy atom. The molecule has 6 heteroatoms. The predicted octanol–water partition coefficient (Wildman–Crippen LogP) is 1.87. The van der Waals surface area contributed by atoms with Gasteiger partial charge in [-0.15, -0.1) is 0 Å². The van der Waals surface area contributed by atoms with Gasteiger partial charge in [-0.3, -0.25) is 14.4 Å². The van der Waals surface area contributed by atoms with Crippen molar-refractivity contribution in [1.82, 2.24) is 0 Å². The van der Waals surface area contributed by atoms with Gasteiger partial charge >= 0.3 is 11.9 Å². The van der Waals surface area contributed by atoms with E-state index in [0.717, 1.165) is 0 Å². The number of hydrogen-bond donors (Lipinski definition) is 1. The van der Waals surface area contributed by atoms with Gasteiger partial charge in [0.1, 0.15) is 18.0 Å². The van der Waals surface area contributed by atoms with Crippen LogP contribution in [0.15, 0.2) is 0 Å². The van der Waals surface area contributed by atoms with Crippen LogP contribution in [0.4, 0.5) is 0 Å². The zero-order chi connectivity index (χ0) is 18.9. The minimum atomic E-state index is -1.12. The van der Waals surface area contributed by atoms with Gasteiger partial charge in [0.15, 0.2) is 0 Å². The van der Waals surface area contributed by atoms with Gasteiger partial charge in [-0.25, -0.2) is 0 Å². The van der Waals surface area contributed by atoms with Crippen LogP contribution in [0, 0.1) is 28.6 Å². The third-order valence-corrected chi connectivity index (χ3v) is 7.06. The van der Waals surface area contributed by atoms with Crippen molar-refractivity contribution in [2.75, 3.05) is 0 Å². The normalized spacial score (nSPS) is 47.3. The maximum atomic E-state index is 13.1. The van der Waals surface area contributed by atoms with E-state index in [2.05, 4.69) is 0 Å². The van der Waals surface area contributed by atoms with E-state index in [-0.39, 0.29) is 30.0 Å². The number of Topliss-reactive ketones (excluding diaryl/α,β-unsaturated/α-hetero) is 1. The molecule has 0 amide bonds. The summed E-state index contributed by atoms with van der Waals surface area (Å²) in [6.45, 7) is 10.3. The molecular weight excluding hydrogens is 324 g/mol. The van der Waals surface area contributed by atoms with Crippen LogP contribution in [0.5, 0.6) is 0 Å². The molecule has 4 aliphatic rings. The van der Waals surface area contributed by atoms with Crippen LogP contribution in [0.3, 0.4) is 0 Å². The van der Waals surface area contributed by atoms with E-state index in [1.54, 1.807) is 6.92 Å². The predicted molar refractivity (Wildman–Crippen MR) is 88.3 cm³/mol. The Balaban J connectivity index is 2.10. The molecule has 0 aromatic heterocycles. The lowest BCUT2D eigenvalue weighted by Crippen LogP contribution is -2.76. The molecule has 25 heavy (non-hydrogen) atoms. The minimum Gasteiger partial charge on any atom is -0.462 e. The Labute approximate surface area is 148 Å². The number of esters is 2. The number of carbonyl (C=O) groups excluding carboxylic acids is 3. The molecular formula is C19H28O6. The van der Waals surface area contributed by atoms with Gasteiger partial charge in [0.05, 0.1) is 5.60 Å². The Bertz CT molecular complexity index is 636. The first-order valence-corrected chi connectivity index (χ1v) is 8.93. The van der Waals surface area contributed by atoms with E-state index < -0.39 is 40.6 Å². The lowest BCUT2D eigenvalue weighted by atomic mass is 9.34. The number of ketones is 1. The van der Waals surface area contributed by atoms with Crippen molar-refractivity contribution in [2.24, 2.45) is 28.6 Å². The Kier molecular flexibility index (Phi) is 3.88. The topological polar surface area (TPSA) is 89.9 Å². The highest BCUT2D eigenvalue weighted by molar-refractivity contribution is 5.89. The molecule has 6 nitrogen and oxygen atoms in total. The van der Waals surface area contributed by atoms with Crippen molar-refractivity contribution >= 4 is 17.7 Å². The fourth-order valence-corrected chi connectivity index (χ4v) is 6.19. The van der Waals surface area contributed by atoms with Crippen molar-refractivity contribution in [3.63, 3.8) is 0 Å². The molecule has 0 saturated heterocycles. The monoisotopic (exact) mass is 352 g/mol. The smallest absolute Gasteiger partial charge is 0.302 e. The lowest BCUT2D eigenvalue weighted by molar-refractivity contribution is -0.299. The molecule has 0 unspecified atom stereocenters. The summed E-state index contributed by atoms with van der Waals surface area (Å²) in [6, 6.07) is 0. The zero-order valence-corrected chi connectivity index (χ0v) is 15.8. The van der Waals surface area contributed by atoms with Gasteiger partial charge in [0.25, 0.3) is 0 Å². The van der Waals surface area contributed by atoms with E-state index in [9.17, 15) is 19.5 Å². The molecule has 0 heterocycles. The first-order chi connectivity index (χ1) is 11.3. The van der Waals surface area contributed by atoms with Crippen molar-refractivity contribution in [3.05, 3.63) is 0 Å². The van der Waals surface area contributed by atoms with Crippen LogP contribution in [0.25, 0.3) is 0 Å². The van der Waals surface area contributed by atoms with E-state index >= 15 is 0 Å². The number of ether oxygens (including phenoxy) is 2. The van der Waals surface area contributed by atoms with Crippen LogP contribution in [-0.2, 0) is 23.9 Å². The lowest BCUT2D eigenvalue weighted by Gasteiger charge is -2.71. The molecule has 4 fully saturated rings. The highest BCUT2D eigenvalue weighted by atomic mass is 16.5. The molecule has 4 aliphatic carbocycles. The summed E-state index contributed by atoms with van der Waals surface area (Å²) in [5, 5.41) is 11.1. The van der Waals surface area contributed by atoms with Gasteiger partial charge in [-0.1, -0.05) is 20.8 Å². The SMILES string of the molecule is CC(=O)O[C@@H]1C[C@@](C)(O)[C@H]2[C@@H]3[C@@H]1[C@@]2(C)C(=O)C[C@@H](OC(C)=O)C3(C)C. The number of rotatable bonds is 2. The number of hydrogen-bond acceptors (Lipinski definition) is 6. The zero-order valence-electron chi connectivity index (χ0n) is 15.8. The summed E-state index contributed by atoms with van der Waals surface area (Å²) in [6.07, 6.45) is -0.582. The third kappa shape index (κ3) is 2.36. The Morgan fingerprint density at radius 2 is 1.60 bits per heavy atom. The summed E-state index contributed by atoms with van der Waals surface area (Å²) in [7, 11) is 0. The number of carbonyl (C=O) groups is 3. The maximum Gasteiger partial charge on any atom is 0.302 e. The second-order valence-electron chi connectivity index (χ2n) is 9.07. The molecule has 4 rings (SSSR count). The van der Waals surface area contributed by atoms with E-state index in [1.165, 1.54) is 13.8 Å². The second kappa shape index (κ2) is 5.29. The van der Waals surface area contributed by atoms with Crippen LogP contribution in [0.1, 0.15) is 54.4 Å². The van der Waals surface area contributed by atoms with Gasteiger partial charge in [0.2, 0.25) is 0 Å². The molecule has 4 bridgehead atoms. The summed E-state index contributed by atoms with van der Waals surface area (Å²) in [5.41, 5.74) is -2.39. The maximum absolute atomic E-state index is 13.1. The van der Waals surface area contributed by atoms with Crippen LogP contribution in [-0.4, -0.2) is 40.6 Å². The van der Waals surface area contributed by atoms with Gasteiger partial charge < -0.3 is 14.6 Å². The van der Waals surface area contributed by atoms with E-state index in [0.29, 0.717) is 6.42 Å². The molecule has 7 atom stereocenters. The fourth-order valence-electron chi connectivity index (χ4n) is 6.19. The highest BCUT2D eigenvalue weighted by Gasteiger charge is 2.78. The molecule has 0 aliphatic heterocycles. The Hall–Kier alpha value is -1.43. The first kappa shape index (κ1) is 18.4. The second-order valence-corrected chi connectivity index (χ2v) is 9.07. The summed E-state index contributed by atoms with van der Waals surface area (Å²) in [5.74, 6) is -1.31. The largest absolute Gasteiger partial charge is 0.462 e. The summed E-state index contributed by atoms with van der Waals surface area (Å²) < 4.78 is 11.0. The molecule has 0 radical (unpaired) electrons. The third-order valence-electron chi connectivity index (χ3n) is 7.06. The number of aliphatic hydroxyl groups is 1. The minimum absolute atomic E-state index is 0.0206. The summed E-state index contributed by atoms with van der Waals surface area (Å²) in [4.78, 5) is 36.3. The molecule has 140 valence electrons. The van der Waals surface area contributed by atoms with Crippen molar-refractivity contribution in [3.8, 4) is 0 Å². The molecule has 4 saturated carbocycles. The Morgan fingerprint density at radius 1 is 1.04 bits per heavy atom. The number of fused-ring (bicyclic) bond motifs is 2. The van der Waals surface area contributed by atoms with E-state index in [4.69, 9.17) is 9.47 Å². The van der Waals surface area contributed by atoms with Gasteiger partial charge in [-0.2, -0.15) is 0 Å².